The second-order valence-corrected chi connectivity index (χ2v) is 8.18. The number of aliphatic hydroxyl groups excluding tert-OH is 2. The van der Waals surface area contributed by atoms with Gasteiger partial charge in [-0.15, -0.1) is 0 Å². The maximum Gasteiger partial charge on any atom is 0.407 e. The first-order valence-corrected chi connectivity index (χ1v) is 10.9. The van der Waals surface area contributed by atoms with Crippen LogP contribution in [0, 0.1) is 17.0 Å². The fourth-order valence-electron chi connectivity index (χ4n) is 4.27. The molecule has 0 aliphatic heterocycles. The van der Waals surface area contributed by atoms with Gasteiger partial charge in [0.1, 0.15) is 18.9 Å². The standard InChI is InChI=1S/C25H25N3O6/c1-15-21(12-16(13-27-15)28(32)33)24(30)23(29)10-11-26-25(31)34-14-22-19-8-4-2-6-17(19)18-7-3-5-9-20(18)22/h2-9,12-13,22-24,29-30H,10-11,14H2,1H3,(H,26,31). The zero-order valence-corrected chi connectivity index (χ0v) is 18.5. The van der Waals surface area contributed by atoms with Crippen LogP contribution in [0.25, 0.3) is 11.1 Å². The molecule has 0 bridgehead atoms. The van der Waals surface area contributed by atoms with Crippen LogP contribution < -0.4 is 5.32 Å². The van der Waals surface area contributed by atoms with Gasteiger partial charge < -0.3 is 20.3 Å². The average molecular weight is 463 g/mol. The van der Waals surface area contributed by atoms with Gasteiger partial charge >= 0.3 is 6.09 Å². The van der Waals surface area contributed by atoms with Crippen LogP contribution in [0.15, 0.2) is 60.8 Å². The third-order valence-electron chi connectivity index (χ3n) is 6.06. The van der Waals surface area contributed by atoms with Crippen LogP contribution in [0.5, 0.6) is 0 Å². The molecule has 1 amide bonds. The van der Waals surface area contributed by atoms with Gasteiger partial charge in [0.05, 0.1) is 11.0 Å². The van der Waals surface area contributed by atoms with Crippen molar-refractivity contribution in [2.24, 2.45) is 0 Å². The van der Waals surface area contributed by atoms with Crippen molar-refractivity contribution < 1.29 is 24.7 Å². The van der Waals surface area contributed by atoms with Gasteiger partial charge in [-0.2, -0.15) is 0 Å². The van der Waals surface area contributed by atoms with Crippen molar-refractivity contribution in [2.75, 3.05) is 13.2 Å². The molecule has 4 rings (SSSR count). The molecule has 2 unspecified atom stereocenters. The number of pyridine rings is 1. The highest BCUT2D eigenvalue weighted by atomic mass is 16.6. The summed E-state index contributed by atoms with van der Waals surface area (Å²) in [6, 6.07) is 17.3. The van der Waals surface area contributed by atoms with E-state index in [0.29, 0.717) is 5.69 Å². The molecule has 2 atom stereocenters. The summed E-state index contributed by atoms with van der Waals surface area (Å²) in [6.45, 7) is 1.81. The summed E-state index contributed by atoms with van der Waals surface area (Å²) in [5, 5.41) is 34.3. The molecule has 3 aromatic rings. The van der Waals surface area contributed by atoms with Gasteiger partial charge in [0.25, 0.3) is 5.69 Å². The van der Waals surface area contributed by atoms with Gasteiger partial charge in [0.15, 0.2) is 0 Å². The lowest BCUT2D eigenvalue weighted by Gasteiger charge is -2.19. The first kappa shape index (κ1) is 23.3. The third kappa shape index (κ3) is 4.75. The van der Waals surface area contributed by atoms with Crippen LogP contribution in [0.4, 0.5) is 10.5 Å². The molecule has 9 nitrogen and oxygen atoms in total. The minimum Gasteiger partial charge on any atom is -0.449 e. The summed E-state index contributed by atoms with van der Waals surface area (Å²) < 4.78 is 5.45. The van der Waals surface area contributed by atoms with Crippen molar-refractivity contribution in [3.05, 3.63) is 93.3 Å². The number of aliphatic hydroxyl groups is 2. The van der Waals surface area contributed by atoms with E-state index in [1.807, 2.05) is 36.4 Å². The predicted octanol–water partition coefficient (Wildman–Crippen LogP) is 3.62. The van der Waals surface area contributed by atoms with Gasteiger partial charge in [-0.3, -0.25) is 15.1 Å². The molecular weight excluding hydrogens is 438 g/mol. The third-order valence-corrected chi connectivity index (χ3v) is 6.06. The highest BCUT2D eigenvalue weighted by Gasteiger charge is 2.29. The van der Waals surface area contributed by atoms with Gasteiger partial charge in [0, 0.05) is 29.8 Å². The summed E-state index contributed by atoms with van der Waals surface area (Å²) in [5.74, 6) is -0.0603. The lowest BCUT2D eigenvalue weighted by Crippen LogP contribution is -2.31. The number of aryl methyl sites for hydroxylation is 1. The maximum atomic E-state index is 12.3. The van der Waals surface area contributed by atoms with Crippen LogP contribution >= 0.6 is 0 Å². The molecule has 1 aliphatic rings. The zero-order chi connectivity index (χ0) is 24.2. The number of carbonyl (C=O) groups excluding carboxylic acids is 1. The van der Waals surface area contributed by atoms with Gasteiger partial charge in [0.2, 0.25) is 0 Å². The molecule has 0 fully saturated rings. The van der Waals surface area contributed by atoms with E-state index in [2.05, 4.69) is 22.4 Å². The minimum absolute atomic E-state index is 0.0213. The number of nitro groups is 1. The fourth-order valence-corrected chi connectivity index (χ4v) is 4.27. The molecule has 0 spiro atoms. The first-order valence-electron chi connectivity index (χ1n) is 10.9. The summed E-state index contributed by atoms with van der Waals surface area (Å²) in [4.78, 5) is 26.5. The largest absolute Gasteiger partial charge is 0.449 e. The summed E-state index contributed by atoms with van der Waals surface area (Å²) in [5.41, 5.74) is 4.75. The van der Waals surface area contributed by atoms with Crippen molar-refractivity contribution in [2.45, 2.75) is 31.5 Å². The molecule has 176 valence electrons. The van der Waals surface area contributed by atoms with Crippen LogP contribution in [0.2, 0.25) is 0 Å². The van der Waals surface area contributed by atoms with Gasteiger partial charge in [-0.05, 0) is 35.6 Å². The lowest BCUT2D eigenvalue weighted by atomic mass is 9.98. The van der Waals surface area contributed by atoms with Crippen LogP contribution in [0.3, 0.4) is 0 Å². The van der Waals surface area contributed by atoms with Crippen molar-refractivity contribution >= 4 is 11.8 Å². The topological polar surface area (TPSA) is 135 Å². The highest BCUT2D eigenvalue weighted by Crippen LogP contribution is 2.44. The quantitative estimate of drug-likeness (QED) is 0.343. The highest BCUT2D eigenvalue weighted by molar-refractivity contribution is 5.79. The second-order valence-electron chi connectivity index (χ2n) is 8.18. The van der Waals surface area contributed by atoms with E-state index < -0.39 is 23.2 Å². The number of nitrogens with zero attached hydrogens (tertiary/aromatic N) is 2. The van der Waals surface area contributed by atoms with Crippen LogP contribution in [0.1, 0.15) is 40.8 Å². The predicted molar refractivity (Wildman–Crippen MR) is 124 cm³/mol. The fraction of sp³-hybridized carbons (Fsp3) is 0.280. The van der Waals surface area contributed by atoms with Gasteiger partial charge in [-0.25, -0.2) is 4.79 Å². The number of hydrogen-bond acceptors (Lipinski definition) is 7. The lowest BCUT2D eigenvalue weighted by molar-refractivity contribution is -0.385. The Kier molecular flexibility index (Phi) is 6.85. The number of rotatable bonds is 8. The van der Waals surface area contributed by atoms with Crippen molar-refractivity contribution in [3.8, 4) is 11.1 Å². The number of aromatic nitrogens is 1. The molecule has 1 aromatic heterocycles. The smallest absolute Gasteiger partial charge is 0.407 e. The van der Waals surface area contributed by atoms with E-state index in [1.54, 1.807) is 6.92 Å². The maximum absolute atomic E-state index is 12.3. The second kappa shape index (κ2) is 9.98. The Labute approximate surface area is 196 Å². The summed E-state index contributed by atoms with van der Waals surface area (Å²) in [6.07, 6.45) is -2.14. The number of hydrogen-bond donors (Lipinski definition) is 3. The Bertz CT molecular complexity index is 1170. The normalized spacial score (nSPS) is 14.1. The number of carbonyl (C=O) groups is 1. The Morgan fingerprint density at radius 1 is 1.15 bits per heavy atom. The molecule has 2 aromatic carbocycles. The van der Waals surface area contributed by atoms with Crippen molar-refractivity contribution in [1.82, 2.24) is 10.3 Å². The summed E-state index contributed by atoms with van der Waals surface area (Å²) in [7, 11) is 0. The van der Waals surface area contributed by atoms with E-state index >= 15 is 0 Å². The number of alkyl carbamates (subject to hydrolysis) is 1. The number of amides is 1. The molecule has 9 heteroatoms. The Balaban J connectivity index is 1.30. The van der Waals surface area contributed by atoms with Crippen LogP contribution in [-0.4, -0.2) is 45.5 Å². The molecule has 3 N–H and O–H groups in total. The Morgan fingerprint density at radius 3 is 2.38 bits per heavy atom. The van der Waals surface area contributed by atoms with E-state index in [0.717, 1.165) is 28.5 Å². The SMILES string of the molecule is Cc1ncc([N+](=O)[O-])cc1C(O)C(O)CCNC(=O)OCC1c2ccccc2-c2ccccc21. The van der Waals surface area contributed by atoms with E-state index in [1.165, 1.54) is 6.07 Å². The van der Waals surface area contributed by atoms with Crippen LogP contribution in [-0.2, 0) is 4.74 Å². The number of fused-ring (bicyclic) bond motifs is 3. The number of ether oxygens (including phenoxy) is 1. The van der Waals surface area contributed by atoms with E-state index in [9.17, 15) is 25.1 Å². The van der Waals surface area contributed by atoms with E-state index in [-0.39, 0.29) is 36.7 Å². The summed E-state index contributed by atoms with van der Waals surface area (Å²) >= 11 is 0. The number of nitrogens with one attached hydrogen (secondary N) is 1. The van der Waals surface area contributed by atoms with Crippen molar-refractivity contribution in [3.63, 3.8) is 0 Å². The monoisotopic (exact) mass is 463 g/mol. The van der Waals surface area contributed by atoms with Gasteiger partial charge in [-0.1, -0.05) is 48.5 Å². The zero-order valence-electron chi connectivity index (χ0n) is 18.5. The molecular formula is C25H25N3O6. The first-order chi connectivity index (χ1) is 16.4. The minimum atomic E-state index is -1.38. The van der Waals surface area contributed by atoms with E-state index in [4.69, 9.17) is 4.74 Å². The molecule has 34 heavy (non-hydrogen) atoms. The number of benzene rings is 2. The Hall–Kier alpha value is -3.82. The molecule has 0 radical (unpaired) electrons. The average Bonchev–Trinajstić information content (AvgIpc) is 3.16. The molecule has 0 saturated carbocycles. The Morgan fingerprint density at radius 2 is 1.76 bits per heavy atom. The van der Waals surface area contributed by atoms with Crippen molar-refractivity contribution in [1.29, 1.82) is 0 Å². The molecule has 1 aliphatic carbocycles. The molecule has 0 saturated heterocycles. The molecule has 1 heterocycles.